The number of alkyl halides is 3. The molecular formula is C14H13BrF3N3. The van der Waals surface area contributed by atoms with E-state index in [1.165, 1.54) is 23.6 Å². The number of benzene rings is 1. The number of halogens is 4. The second kappa shape index (κ2) is 5.46. The molecule has 0 aliphatic heterocycles. The molecule has 0 amide bonds. The summed E-state index contributed by atoms with van der Waals surface area (Å²) in [5.41, 5.74) is 0.509. The van der Waals surface area contributed by atoms with Crippen molar-refractivity contribution >= 4 is 15.9 Å². The highest BCUT2D eigenvalue weighted by Crippen LogP contribution is 2.35. The van der Waals surface area contributed by atoms with Crippen molar-refractivity contribution in [1.82, 2.24) is 15.1 Å². The van der Waals surface area contributed by atoms with E-state index < -0.39 is 11.7 Å². The Hall–Kier alpha value is -1.34. The summed E-state index contributed by atoms with van der Waals surface area (Å²) in [6.45, 7) is 0.639. The lowest BCUT2D eigenvalue weighted by molar-refractivity contribution is -0.138. The average Bonchev–Trinajstić information content (AvgIpc) is 3.13. The van der Waals surface area contributed by atoms with Crippen LogP contribution in [0, 0.1) is 0 Å². The molecule has 3 rings (SSSR count). The van der Waals surface area contributed by atoms with Gasteiger partial charge in [-0.3, -0.25) is 0 Å². The summed E-state index contributed by atoms with van der Waals surface area (Å²) >= 11 is 2.93. The third kappa shape index (κ3) is 3.47. The van der Waals surface area contributed by atoms with E-state index in [9.17, 15) is 13.2 Å². The quantitative estimate of drug-likeness (QED) is 0.896. The number of nitrogens with one attached hydrogen (secondary N) is 1. The molecule has 0 spiro atoms. The molecule has 7 heteroatoms. The molecule has 1 aromatic carbocycles. The van der Waals surface area contributed by atoms with Crippen LogP contribution in [-0.2, 0) is 12.7 Å². The normalized spacial score (nSPS) is 15.4. The molecule has 1 fully saturated rings. The first kappa shape index (κ1) is 14.6. The molecule has 1 aromatic heterocycles. The third-order valence-electron chi connectivity index (χ3n) is 3.31. The predicted molar refractivity (Wildman–Crippen MR) is 76.1 cm³/mol. The molecule has 1 aliphatic carbocycles. The van der Waals surface area contributed by atoms with Crippen molar-refractivity contribution in [2.45, 2.75) is 31.6 Å². The number of rotatable bonds is 4. The lowest BCUT2D eigenvalue weighted by atomic mass is 10.2. The van der Waals surface area contributed by atoms with Crippen molar-refractivity contribution in [3.63, 3.8) is 0 Å². The van der Waals surface area contributed by atoms with Crippen LogP contribution >= 0.6 is 15.9 Å². The van der Waals surface area contributed by atoms with Gasteiger partial charge in [0.2, 0.25) is 0 Å². The number of hydrogen-bond donors (Lipinski definition) is 1. The van der Waals surface area contributed by atoms with Gasteiger partial charge in [0.05, 0.1) is 16.9 Å². The maximum Gasteiger partial charge on any atom is 0.417 e. The Morgan fingerprint density at radius 3 is 2.71 bits per heavy atom. The van der Waals surface area contributed by atoms with Crippen LogP contribution in [-0.4, -0.2) is 15.8 Å². The van der Waals surface area contributed by atoms with E-state index in [2.05, 4.69) is 26.3 Å². The summed E-state index contributed by atoms with van der Waals surface area (Å²) < 4.78 is 40.2. The SMILES string of the molecule is FC(F)(F)c1cc(-n2ccc(CNC3CC3)n2)ccc1Br. The van der Waals surface area contributed by atoms with Crippen molar-refractivity contribution < 1.29 is 13.2 Å². The molecule has 0 bridgehead atoms. The molecular weight excluding hydrogens is 347 g/mol. The maximum atomic E-state index is 12.9. The zero-order valence-electron chi connectivity index (χ0n) is 11.0. The van der Waals surface area contributed by atoms with Crippen molar-refractivity contribution in [2.75, 3.05) is 0 Å². The van der Waals surface area contributed by atoms with E-state index in [0.29, 0.717) is 18.3 Å². The Balaban J connectivity index is 1.82. The van der Waals surface area contributed by atoms with Crippen LogP contribution in [0.5, 0.6) is 0 Å². The van der Waals surface area contributed by atoms with Crippen molar-refractivity contribution in [2.24, 2.45) is 0 Å². The summed E-state index contributed by atoms with van der Waals surface area (Å²) in [7, 11) is 0. The lowest BCUT2D eigenvalue weighted by Crippen LogP contribution is -2.15. The van der Waals surface area contributed by atoms with Gasteiger partial charge in [-0.05, 0) is 37.1 Å². The van der Waals surface area contributed by atoms with E-state index in [0.717, 1.165) is 11.8 Å². The predicted octanol–water partition coefficient (Wildman–Crippen LogP) is 3.91. The lowest BCUT2D eigenvalue weighted by Gasteiger charge is -2.11. The first-order valence-electron chi connectivity index (χ1n) is 6.58. The monoisotopic (exact) mass is 359 g/mol. The smallest absolute Gasteiger partial charge is 0.308 e. The Morgan fingerprint density at radius 1 is 1.29 bits per heavy atom. The van der Waals surface area contributed by atoms with Crippen molar-refractivity contribution in [3.05, 3.63) is 46.2 Å². The molecule has 2 aromatic rings. The minimum Gasteiger partial charge on any atom is -0.308 e. The minimum atomic E-state index is -4.39. The summed E-state index contributed by atoms with van der Waals surface area (Å²) in [6, 6.07) is 6.46. The fraction of sp³-hybridized carbons (Fsp3) is 0.357. The molecule has 0 unspecified atom stereocenters. The first-order chi connectivity index (χ1) is 9.93. The summed E-state index contributed by atoms with van der Waals surface area (Å²) in [6.07, 6.45) is -0.351. The van der Waals surface area contributed by atoms with Crippen LogP contribution in [0.1, 0.15) is 24.1 Å². The van der Waals surface area contributed by atoms with Crippen LogP contribution in [0.4, 0.5) is 13.2 Å². The largest absolute Gasteiger partial charge is 0.417 e. The Morgan fingerprint density at radius 2 is 2.05 bits per heavy atom. The van der Waals surface area contributed by atoms with Gasteiger partial charge in [0.25, 0.3) is 0 Å². The molecule has 1 N–H and O–H groups in total. The van der Waals surface area contributed by atoms with E-state index >= 15 is 0 Å². The molecule has 1 aliphatic rings. The summed E-state index contributed by atoms with van der Waals surface area (Å²) in [5.74, 6) is 0. The number of hydrogen-bond acceptors (Lipinski definition) is 2. The van der Waals surface area contributed by atoms with Crippen LogP contribution in [0.25, 0.3) is 5.69 Å². The molecule has 0 atom stereocenters. The van der Waals surface area contributed by atoms with Gasteiger partial charge in [0.15, 0.2) is 0 Å². The van der Waals surface area contributed by atoms with Gasteiger partial charge in [-0.15, -0.1) is 0 Å². The molecule has 1 heterocycles. The zero-order valence-corrected chi connectivity index (χ0v) is 12.6. The van der Waals surface area contributed by atoms with Crippen molar-refractivity contribution in [3.8, 4) is 5.69 Å². The fourth-order valence-electron chi connectivity index (χ4n) is 2.01. The average molecular weight is 360 g/mol. The maximum absolute atomic E-state index is 12.9. The topological polar surface area (TPSA) is 29.9 Å². The molecule has 112 valence electrons. The van der Waals surface area contributed by atoms with Crippen LogP contribution in [0.3, 0.4) is 0 Å². The highest BCUT2D eigenvalue weighted by Gasteiger charge is 2.33. The van der Waals surface area contributed by atoms with E-state index in [1.807, 2.05) is 6.07 Å². The van der Waals surface area contributed by atoms with Crippen molar-refractivity contribution in [1.29, 1.82) is 0 Å². The van der Waals surface area contributed by atoms with E-state index in [1.54, 1.807) is 12.3 Å². The Bertz CT molecular complexity index is 647. The van der Waals surface area contributed by atoms with Gasteiger partial charge in [-0.25, -0.2) is 4.68 Å². The Labute approximate surface area is 128 Å². The Kier molecular flexibility index (Phi) is 3.79. The second-order valence-electron chi connectivity index (χ2n) is 5.07. The standard InChI is InChI=1S/C14H13BrF3N3/c15-13-4-3-11(7-12(13)14(16,17)18)21-6-5-10(20-21)8-19-9-1-2-9/h3-7,9,19H,1-2,8H2. The third-order valence-corrected chi connectivity index (χ3v) is 4.00. The first-order valence-corrected chi connectivity index (χ1v) is 7.38. The van der Waals surface area contributed by atoms with Gasteiger partial charge in [0, 0.05) is 23.3 Å². The van der Waals surface area contributed by atoms with Crippen LogP contribution in [0.2, 0.25) is 0 Å². The van der Waals surface area contributed by atoms with Crippen LogP contribution in [0.15, 0.2) is 34.9 Å². The van der Waals surface area contributed by atoms with Gasteiger partial charge in [-0.1, -0.05) is 15.9 Å². The number of aromatic nitrogens is 2. The molecule has 21 heavy (non-hydrogen) atoms. The van der Waals surface area contributed by atoms with Gasteiger partial charge in [-0.2, -0.15) is 18.3 Å². The van der Waals surface area contributed by atoms with E-state index in [-0.39, 0.29) is 4.47 Å². The highest BCUT2D eigenvalue weighted by atomic mass is 79.9. The molecule has 0 radical (unpaired) electrons. The molecule has 3 nitrogen and oxygen atoms in total. The van der Waals surface area contributed by atoms with Gasteiger partial charge in [0.1, 0.15) is 0 Å². The summed E-state index contributed by atoms with van der Waals surface area (Å²) in [5, 5.41) is 7.62. The zero-order chi connectivity index (χ0) is 15.0. The highest BCUT2D eigenvalue weighted by molar-refractivity contribution is 9.10. The second-order valence-corrected chi connectivity index (χ2v) is 5.92. The van der Waals surface area contributed by atoms with E-state index in [4.69, 9.17) is 0 Å². The molecule has 1 saturated carbocycles. The minimum absolute atomic E-state index is 0.0292. The summed E-state index contributed by atoms with van der Waals surface area (Å²) in [4.78, 5) is 0. The van der Waals surface area contributed by atoms with Crippen LogP contribution < -0.4 is 5.32 Å². The number of nitrogens with zero attached hydrogens (tertiary/aromatic N) is 2. The van der Waals surface area contributed by atoms with Gasteiger partial charge >= 0.3 is 6.18 Å². The molecule has 0 saturated heterocycles. The fourth-order valence-corrected chi connectivity index (χ4v) is 2.48. The van der Waals surface area contributed by atoms with Gasteiger partial charge < -0.3 is 5.32 Å².